The molecule has 0 aliphatic heterocycles. The van der Waals surface area contributed by atoms with Gasteiger partial charge in [-0.2, -0.15) is 0 Å². The predicted octanol–water partition coefficient (Wildman–Crippen LogP) is 0.402. The Morgan fingerprint density at radius 2 is 2.08 bits per heavy atom. The number of hydrogen-bond acceptors (Lipinski definition) is 6. The van der Waals surface area contributed by atoms with Crippen LogP contribution in [0.25, 0.3) is 0 Å². The summed E-state index contributed by atoms with van der Waals surface area (Å²) in [5, 5.41) is 11.4. The average Bonchev–Trinajstić information content (AvgIpc) is 3.22. The third-order valence-electron chi connectivity index (χ3n) is 3.58. The van der Waals surface area contributed by atoms with Gasteiger partial charge in [0, 0.05) is 44.8 Å². The fraction of sp³-hybridized carbons (Fsp3) is 0.533. The minimum Gasteiger partial charge on any atom is -0.350 e. The van der Waals surface area contributed by atoms with Crippen molar-refractivity contribution in [1.82, 2.24) is 34.8 Å². The summed E-state index contributed by atoms with van der Waals surface area (Å²) in [6.45, 7) is 5.70. The largest absolute Gasteiger partial charge is 0.350 e. The average molecular weight is 365 g/mol. The first-order chi connectivity index (χ1) is 12.0. The Morgan fingerprint density at radius 3 is 2.72 bits per heavy atom. The lowest BCUT2D eigenvalue weighted by Gasteiger charge is -2.17. The number of amides is 2. The Kier molecular flexibility index (Phi) is 6.99. The molecule has 0 bridgehead atoms. The van der Waals surface area contributed by atoms with Gasteiger partial charge in [-0.3, -0.25) is 9.59 Å². The second kappa shape index (κ2) is 9.21. The Balaban J connectivity index is 1.78. The van der Waals surface area contributed by atoms with E-state index in [0.29, 0.717) is 25.4 Å². The van der Waals surface area contributed by atoms with Crippen molar-refractivity contribution in [2.24, 2.45) is 7.05 Å². The zero-order chi connectivity index (χ0) is 18.2. The van der Waals surface area contributed by atoms with Crippen LogP contribution in [0.2, 0.25) is 0 Å². The minimum absolute atomic E-state index is 0.0478. The zero-order valence-corrected chi connectivity index (χ0v) is 15.5. The molecule has 0 spiro atoms. The molecule has 2 amide bonds. The monoisotopic (exact) mass is 365 g/mol. The van der Waals surface area contributed by atoms with Crippen molar-refractivity contribution >= 4 is 23.6 Å². The van der Waals surface area contributed by atoms with Gasteiger partial charge in [0.15, 0.2) is 10.9 Å². The van der Waals surface area contributed by atoms with Crippen LogP contribution in [-0.4, -0.2) is 66.6 Å². The van der Waals surface area contributed by atoms with Crippen molar-refractivity contribution in [3.63, 3.8) is 0 Å². The lowest BCUT2D eigenvalue weighted by Crippen LogP contribution is -2.33. The molecule has 2 aromatic heterocycles. The van der Waals surface area contributed by atoms with Crippen molar-refractivity contribution in [3.05, 3.63) is 24.3 Å². The van der Waals surface area contributed by atoms with Crippen molar-refractivity contribution in [2.75, 3.05) is 25.4 Å². The molecule has 0 saturated heterocycles. The second-order valence-corrected chi connectivity index (χ2v) is 6.35. The van der Waals surface area contributed by atoms with E-state index in [-0.39, 0.29) is 24.1 Å². The third-order valence-corrected chi connectivity index (χ3v) is 4.64. The molecular formula is C15H23N7O2S. The summed E-state index contributed by atoms with van der Waals surface area (Å²) in [6, 6.07) is 0. The van der Waals surface area contributed by atoms with Gasteiger partial charge in [0.1, 0.15) is 6.54 Å². The van der Waals surface area contributed by atoms with Gasteiger partial charge in [-0.25, -0.2) is 9.67 Å². The molecular weight excluding hydrogens is 342 g/mol. The molecule has 10 heteroatoms. The number of aryl methyl sites for hydroxylation is 1. The lowest BCUT2D eigenvalue weighted by atomic mass is 10.4. The summed E-state index contributed by atoms with van der Waals surface area (Å²) in [5.41, 5.74) is 0.203. The molecule has 0 saturated carbocycles. The number of nitrogens with zero attached hydrogens (tertiary/aromatic N) is 6. The fourth-order valence-electron chi connectivity index (χ4n) is 2.18. The van der Waals surface area contributed by atoms with Crippen LogP contribution >= 0.6 is 11.8 Å². The number of likely N-dealkylation sites (N-methyl/N-ethyl adjacent to an activating group) is 1. The molecule has 0 fully saturated rings. The smallest absolute Gasteiger partial charge is 0.273 e. The van der Waals surface area contributed by atoms with Gasteiger partial charge in [0.2, 0.25) is 5.91 Å². The lowest BCUT2D eigenvalue weighted by molar-refractivity contribution is -0.131. The maximum absolute atomic E-state index is 12.1. The maximum Gasteiger partial charge on any atom is 0.273 e. The van der Waals surface area contributed by atoms with Crippen LogP contribution in [0.4, 0.5) is 0 Å². The van der Waals surface area contributed by atoms with E-state index in [1.807, 2.05) is 31.7 Å². The summed E-state index contributed by atoms with van der Waals surface area (Å²) < 4.78 is 3.31. The highest BCUT2D eigenvalue weighted by atomic mass is 32.2. The van der Waals surface area contributed by atoms with Gasteiger partial charge in [-0.1, -0.05) is 17.0 Å². The molecule has 25 heavy (non-hydrogen) atoms. The van der Waals surface area contributed by atoms with Gasteiger partial charge < -0.3 is 14.8 Å². The number of aromatic nitrogens is 5. The first-order valence-corrected chi connectivity index (χ1v) is 9.09. The minimum atomic E-state index is -0.304. The van der Waals surface area contributed by atoms with Crippen molar-refractivity contribution in [1.29, 1.82) is 0 Å². The molecule has 0 aliphatic carbocycles. The predicted molar refractivity (Wildman–Crippen MR) is 94.2 cm³/mol. The van der Waals surface area contributed by atoms with Gasteiger partial charge in [-0.15, -0.1) is 5.10 Å². The van der Waals surface area contributed by atoms with E-state index in [1.165, 1.54) is 10.9 Å². The summed E-state index contributed by atoms with van der Waals surface area (Å²) in [7, 11) is 1.92. The zero-order valence-electron chi connectivity index (χ0n) is 14.7. The molecule has 0 aromatic carbocycles. The molecule has 9 nitrogen and oxygen atoms in total. The van der Waals surface area contributed by atoms with E-state index >= 15 is 0 Å². The molecule has 0 radical (unpaired) electrons. The van der Waals surface area contributed by atoms with Crippen LogP contribution in [-0.2, 0) is 18.4 Å². The first kappa shape index (κ1) is 19.0. The fourth-order valence-corrected chi connectivity index (χ4v) is 2.97. The molecule has 136 valence electrons. The standard InChI is InChI=1S/C15H23N7O2S/c1-4-21(5-2)13(23)11-22-10-12(18-19-22)14(24)16-7-9-25-15-17-6-8-20(15)3/h6,8,10H,4-5,7,9,11H2,1-3H3,(H,16,24). The van der Waals surface area contributed by atoms with Crippen molar-refractivity contribution in [3.8, 4) is 0 Å². The molecule has 2 heterocycles. The Bertz CT molecular complexity index is 708. The van der Waals surface area contributed by atoms with Crippen LogP contribution in [0, 0.1) is 0 Å². The van der Waals surface area contributed by atoms with Crippen LogP contribution in [0.5, 0.6) is 0 Å². The summed E-state index contributed by atoms with van der Waals surface area (Å²) >= 11 is 1.56. The number of rotatable bonds is 9. The summed E-state index contributed by atoms with van der Waals surface area (Å²) in [6.07, 6.45) is 5.10. The van der Waals surface area contributed by atoms with Crippen molar-refractivity contribution < 1.29 is 9.59 Å². The second-order valence-electron chi connectivity index (χ2n) is 5.29. The number of imidazole rings is 1. The van der Waals surface area contributed by atoms with Crippen molar-refractivity contribution in [2.45, 2.75) is 25.5 Å². The van der Waals surface area contributed by atoms with E-state index in [0.717, 1.165) is 5.16 Å². The van der Waals surface area contributed by atoms with Gasteiger partial charge in [0.25, 0.3) is 5.91 Å². The number of carbonyl (C=O) groups excluding carboxylic acids is 2. The molecule has 2 rings (SSSR count). The first-order valence-electron chi connectivity index (χ1n) is 8.11. The van der Waals surface area contributed by atoms with Crippen LogP contribution in [0.3, 0.4) is 0 Å². The van der Waals surface area contributed by atoms with Crippen LogP contribution in [0.15, 0.2) is 23.7 Å². The quantitative estimate of drug-likeness (QED) is 0.510. The van der Waals surface area contributed by atoms with Gasteiger partial charge >= 0.3 is 0 Å². The van der Waals surface area contributed by atoms with Gasteiger partial charge in [-0.05, 0) is 13.8 Å². The Labute approximate surface area is 150 Å². The molecule has 0 aliphatic rings. The van der Waals surface area contributed by atoms with E-state index in [9.17, 15) is 9.59 Å². The Morgan fingerprint density at radius 1 is 1.32 bits per heavy atom. The number of nitrogens with one attached hydrogen (secondary N) is 1. The van der Waals surface area contributed by atoms with E-state index in [2.05, 4.69) is 20.6 Å². The summed E-state index contributed by atoms with van der Waals surface area (Å²) in [5.74, 6) is 0.348. The Hall–Kier alpha value is -2.36. The summed E-state index contributed by atoms with van der Waals surface area (Å²) in [4.78, 5) is 30.0. The van der Waals surface area contributed by atoms with Crippen LogP contribution in [0.1, 0.15) is 24.3 Å². The number of thioether (sulfide) groups is 1. The molecule has 0 unspecified atom stereocenters. The third kappa shape index (κ3) is 5.31. The molecule has 1 N–H and O–H groups in total. The van der Waals surface area contributed by atoms with E-state index in [4.69, 9.17) is 0 Å². The van der Waals surface area contributed by atoms with E-state index < -0.39 is 0 Å². The van der Waals surface area contributed by atoms with Crippen LogP contribution < -0.4 is 5.32 Å². The highest BCUT2D eigenvalue weighted by Gasteiger charge is 2.14. The number of hydrogen-bond donors (Lipinski definition) is 1. The molecule has 2 aromatic rings. The maximum atomic E-state index is 12.1. The highest BCUT2D eigenvalue weighted by molar-refractivity contribution is 7.99. The SMILES string of the molecule is CCN(CC)C(=O)Cn1cc(C(=O)NCCSc2nccn2C)nn1. The molecule has 0 atom stereocenters. The highest BCUT2D eigenvalue weighted by Crippen LogP contribution is 2.12. The van der Waals surface area contributed by atoms with E-state index in [1.54, 1.807) is 22.9 Å². The topological polar surface area (TPSA) is 97.9 Å². The normalized spacial score (nSPS) is 10.7. The number of carbonyl (C=O) groups is 2. The van der Waals surface area contributed by atoms with Gasteiger partial charge in [0.05, 0.1) is 6.20 Å².